The Hall–Kier alpha value is -0.940. The second kappa shape index (κ2) is 4.81. The maximum Gasteiger partial charge on any atom is 0.305 e. The first-order valence-electron chi connectivity index (χ1n) is 3.08. The molecule has 0 aliphatic rings. The van der Waals surface area contributed by atoms with Crippen LogP contribution < -0.4 is 0 Å². The van der Waals surface area contributed by atoms with Crippen LogP contribution in [0.2, 0.25) is 0 Å². The van der Waals surface area contributed by atoms with Gasteiger partial charge in [0.05, 0.1) is 12.5 Å². The van der Waals surface area contributed by atoms with Crippen molar-refractivity contribution >= 4 is 11.8 Å². The van der Waals surface area contributed by atoms with E-state index < -0.39 is 30.9 Å². The van der Waals surface area contributed by atoms with E-state index in [0.29, 0.717) is 0 Å². The van der Waals surface area contributed by atoms with Crippen LogP contribution in [0.25, 0.3) is 0 Å². The van der Waals surface area contributed by atoms with E-state index in [1.165, 1.54) is 0 Å². The second-order valence-corrected chi connectivity index (χ2v) is 2.15. The van der Waals surface area contributed by atoms with E-state index >= 15 is 0 Å². The Morgan fingerprint density at radius 3 is 2.18 bits per heavy atom. The fraction of sp³-hybridized carbons (Fsp3) is 0.667. The zero-order valence-electron chi connectivity index (χ0n) is 5.86. The van der Waals surface area contributed by atoms with Gasteiger partial charge in [0.1, 0.15) is 6.61 Å². The molecule has 0 rings (SSSR count). The lowest BCUT2D eigenvalue weighted by Crippen LogP contribution is -2.19. The van der Waals surface area contributed by atoms with Crippen LogP contribution >= 0.6 is 0 Å². The van der Waals surface area contributed by atoms with Gasteiger partial charge in [0.15, 0.2) is 5.78 Å². The maximum atomic E-state index is 10.4. The SMILES string of the molecule is O=C(O)CC(O)CC(=O)CO. The van der Waals surface area contributed by atoms with Crippen molar-refractivity contribution < 1.29 is 24.9 Å². The van der Waals surface area contributed by atoms with Crippen LogP contribution in [-0.4, -0.2) is 39.8 Å². The third-order valence-electron chi connectivity index (χ3n) is 1.05. The van der Waals surface area contributed by atoms with Gasteiger partial charge in [0.2, 0.25) is 0 Å². The highest BCUT2D eigenvalue weighted by molar-refractivity contribution is 5.80. The van der Waals surface area contributed by atoms with Crippen molar-refractivity contribution in [3.05, 3.63) is 0 Å². The van der Waals surface area contributed by atoms with Crippen LogP contribution in [0.15, 0.2) is 0 Å². The molecular formula is C6H10O5. The molecule has 3 N–H and O–H groups in total. The van der Waals surface area contributed by atoms with Crippen molar-refractivity contribution in [3.8, 4) is 0 Å². The molecule has 0 aromatic heterocycles. The monoisotopic (exact) mass is 162 g/mol. The van der Waals surface area contributed by atoms with E-state index in [2.05, 4.69) is 0 Å². The molecule has 0 bridgehead atoms. The lowest BCUT2D eigenvalue weighted by atomic mass is 10.1. The summed E-state index contributed by atoms with van der Waals surface area (Å²) in [5.74, 6) is -1.72. The Balaban J connectivity index is 3.60. The summed E-state index contributed by atoms with van der Waals surface area (Å²) in [6.07, 6.45) is -1.96. The molecular weight excluding hydrogens is 152 g/mol. The minimum Gasteiger partial charge on any atom is -0.481 e. The van der Waals surface area contributed by atoms with Crippen LogP contribution in [-0.2, 0) is 9.59 Å². The standard InChI is InChI=1S/C6H10O5/c7-3-5(9)1-4(8)2-6(10)11/h4,7-8H,1-3H2,(H,10,11). The summed E-state index contributed by atoms with van der Waals surface area (Å²) in [6, 6.07) is 0. The van der Waals surface area contributed by atoms with Gasteiger partial charge in [0, 0.05) is 6.42 Å². The van der Waals surface area contributed by atoms with Crippen LogP contribution in [0.3, 0.4) is 0 Å². The normalized spacial score (nSPS) is 12.5. The lowest BCUT2D eigenvalue weighted by Gasteiger charge is -2.03. The molecule has 0 aliphatic heterocycles. The highest BCUT2D eigenvalue weighted by Gasteiger charge is 2.12. The molecule has 5 heteroatoms. The van der Waals surface area contributed by atoms with Gasteiger partial charge in [-0.1, -0.05) is 0 Å². The molecule has 0 aliphatic carbocycles. The molecule has 1 atom stereocenters. The summed E-state index contributed by atoms with van der Waals surface area (Å²) < 4.78 is 0. The highest BCUT2D eigenvalue weighted by atomic mass is 16.4. The topological polar surface area (TPSA) is 94.8 Å². The van der Waals surface area contributed by atoms with Crippen molar-refractivity contribution in [2.24, 2.45) is 0 Å². The number of aliphatic hydroxyl groups is 2. The first kappa shape index (κ1) is 10.1. The smallest absolute Gasteiger partial charge is 0.305 e. The van der Waals surface area contributed by atoms with Crippen LogP contribution in [0.1, 0.15) is 12.8 Å². The lowest BCUT2D eigenvalue weighted by molar-refractivity contribution is -0.139. The van der Waals surface area contributed by atoms with Gasteiger partial charge in [0.25, 0.3) is 0 Å². The largest absolute Gasteiger partial charge is 0.481 e. The number of carboxylic acids is 1. The molecule has 5 nitrogen and oxygen atoms in total. The molecule has 0 radical (unpaired) electrons. The molecule has 0 saturated carbocycles. The first-order chi connectivity index (χ1) is 5.06. The molecule has 0 aromatic carbocycles. The molecule has 64 valence electrons. The van der Waals surface area contributed by atoms with E-state index in [1.807, 2.05) is 0 Å². The summed E-state index contributed by atoms with van der Waals surface area (Å²) in [6.45, 7) is -0.656. The van der Waals surface area contributed by atoms with Gasteiger partial charge in [-0.25, -0.2) is 0 Å². The minimum absolute atomic E-state index is 0.303. The summed E-state index contributed by atoms with van der Waals surface area (Å²) in [5.41, 5.74) is 0. The number of Topliss-reactive ketones (excluding diaryl/α,β-unsaturated/α-hetero) is 1. The van der Waals surface area contributed by atoms with Crippen LogP contribution in [0, 0.1) is 0 Å². The van der Waals surface area contributed by atoms with E-state index in [-0.39, 0.29) is 6.42 Å². The van der Waals surface area contributed by atoms with E-state index in [1.54, 1.807) is 0 Å². The van der Waals surface area contributed by atoms with Gasteiger partial charge in [-0.15, -0.1) is 0 Å². The van der Waals surface area contributed by atoms with Gasteiger partial charge < -0.3 is 15.3 Å². The third-order valence-corrected chi connectivity index (χ3v) is 1.05. The van der Waals surface area contributed by atoms with E-state index in [9.17, 15) is 9.59 Å². The zero-order chi connectivity index (χ0) is 8.85. The van der Waals surface area contributed by atoms with Gasteiger partial charge in [-0.05, 0) is 0 Å². The molecule has 11 heavy (non-hydrogen) atoms. The Bertz CT molecular complexity index is 153. The predicted octanol–water partition coefficient (Wildman–Crippen LogP) is -1.23. The molecule has 0 spiro atoms. The van der Waals surface area contributed by atoms with Gasteiger partial charge >= 0.3 is 5.97 Å². The number of aliphatic carboxylic acids is 1. The van der Waals surface area contributed by atoms with Crippen molar-refractivity contribution in [1.29, 1.82) is 0 Å². The molecule has 0 saturated heterocycles. The number of carbonyl (C=O) groups is 2. The zero-order valence-corrected chi connectivity index (χ0v) is 5.86. The van der Waals surface area contributed by atoms with Crippen LogP contribution in [0.5, 0.6) is 0 Å². The van der Waals surface area contributed by atoms with Crippen molar-refractivity contribution in [2.45, 2.75) is 18.9 Å². The summed E-state index contributed by atoms with van der Waals surface area (Å²) in [5, 5.41) is 25.2. The Morgan fingerprint density at radius 1 is 1.27 bits per heavy atom. The number of carbonyl (C=O) groups excluding carboxylic acids is 1. The Morgan fingerprint density at radius 2 is 1.82 bits per heavy atom. The van der Waals surface area contributed by atoms with Crippen molar-refractivity contribution in [2.75, 3.05) is 6.61 Å². The molecule has 0 amide bonds. The van der Waals surface area contributed by atoms with Crippen molar-refractivity contribution in [1.82, 2.24) is 0 Å². The molecule has 0 fully saturated rings. The number of rotatable bonds is 5. The number of ketones is 1. The number of hydrogen-bond acceptors (Lipinski definition) is 4. The van der Waals surface area contributed by atoms with E-state index in [0.717, 1.165) is 0 Å². The fourth-order valence-electron chi connectivity index (χ4n) is 0.601. The first-order valence-corrected chi connectivity index (χ1v) is 3.08. The maximum absolute atomic E-state index is 10.4. The minimum atomic E-state index is -1.19. The average Bonchev–Trinajstić information content (AvgIpc) is 1.85. The Kier molecular flexibility index (Phi) is 4.40. The number of hydrogen-bond donors (Lipinski definition) is 3. The van der Waals surface area contributed by atoms with E-state index in [4.69, 9.17) is 15.3 Å². The number of aliphatic hydroxyl groups excluding tert-OH is 2. The fourth-order valence-corrected chi connectivity index (χ4v) is 0.601. The van der Waals surface area contributed by atoms with Crippen molar-refractivity contribution in [3.63, 3.8) is 0 Å². The molecule has 0 heterocycles. The molecule has 1 unspecified atom stereocenters. The third kappa shape index (κ3) is 5.50. The summed E-state index contributed by atoms with van der Waals surface area (Å²) >= 11 is 0. The Labute approximate surface area is 63.3 Å². The predicted molar refractivity (Wildman–Crippen MR) is 35.0 cm³/mol. The van der Waals surface area contributed by atoms with Crippen LogP contribution in [0.4, 0.5) is 0 Å². The summed E-state index contributed by atoms with van der Waals surface area (Å²) in [7, 11) is 0. The summed E-state index contributed by atoms with van der Waals surface area (Å²) in [4.78, 5) is 20.3. The quantitative estimate of drug-likeness (QED) is 0.470. The highest BCUT2D eigenvalue weighted by Crippen LogP contribution is 1.97. The average molecular weight is 162 g/mol. The number of carboxylic acid groups (broad SMARTS) is 1. The van der Waals surface area contributed by atoms with Gasteiger partial charge in [-0.2, -0.15) is 0 Å². The second-order valence-electron chi connectivity index (χ2n) is 2.15. The molecule has 0 aromatic rings. The van der Waals surface area contributed by atoms with Gasteiger partial charge in [-0.3, -0.25) is 9.59 Å².